The van der Waals surface area contributed by atoms with Gasteiger partial charge in [0.2, 0.25) is 0 Å². The first-order chi connectivity index (χ1) is 13.7. The Balaban J connectivity index is 1.69. The number of aromatic nitrogens is 1. The zero-order valence-electron chi connectivity index (χ0n) is 15.0. The molecule has 0 saturated carbocycles. The van der Waals surface area contributed by atoms with Crippen LogP contribution in [-0.4, -0.2) is 10.9 Å². The van der Waals surface area contributed by atoms with Gasteiger partial charge in [0.15, 0.2) is 5.13 Å². The summed E-state index contributed by atoms with van der Waals surface area (Å²) in [4.78, 5) is 19.4. The Bertz CT molecular complexity index is 1120. The normalized spacial score (nSPS) is 11.2. The van der Waals surface area contributed by atoms with Gasteiger partial charge in [-0.15, -0.1) is 0 Å². The molecule has 4 aromatic rings. The van der Waals surface area contributed by atoms with Crippen LogP contribution in [-0.2, 0) is 11.3 Å². The van der Waals surface area contributed by atoms with Crippen LogP contribution in [0.2, 0.25) is 5.02 Å². The molecular weight excluding hydrogens is 388 g/mol. The SMILES string of the molecule is O=C(/C=C/c1ccccc1)N(Cc1ccccc1)c1nc2c(Cl)cccc2s1. The first-order valence-corrected chi connectivity index (χ1v) is 10.0. The minimum Gasteiger partial charge on any atom is -0.280 e. The number of thiazole rings is 1. The Morgan fingerprint density at radius 3 is 2.39 bits per heavy atom. The lowest BCUT2D eigenvalue weighted by atomic mass is 10.2. The molecule has 3 nitrogen and oxygen atoms in total. The van der Waals surface area contributed by atoms with E-state index in [0.717, 1.165) is 21.3 Å². The highest BCUT2D eigenvalue weighted by Crippen LogP contribution is 2.33. The number of rotatable bonds is 5. The summed E-state index contributed by atoms with van der Waals surface area (Å²) in [6.07, 6.45) is 3.41. The van der Waals surface area contributed by atoms with Gasteiger partial charge >= 0.3 is 0 Å². The molecule has 138 valence electrons. The molecule has 1 amide bonds. The molecule has 0 N–H and O–H groups in total. The minimum absolute atomic E-state index is 0.122. The van der Waals surface area contributed by atoms with Crippen molar-refractivity contribution in [3.05, 3.63) is 101 Å². The molecule has 0 aliphatic heterocycles. The van der Waals surface area contributed by atoms with Crippen molar-refractivity contribution in [1.29, 1.82) is 0 Å². The summed E-state index contributed by atoms with van der Waals surface area (Å²) in [7, 11) is 0. The molecule has 0 fully saturated rings. The lowest BCUT2D eigenvalue weighted by molar-refractivity contribution is -0.114. The Labute approximate surface area is 172 Å². The van der Waals surface area contributed by atoms with Gasteiger partial charge in [0.1, 0.15) is 5.52 Å². The number of halogens is 1. The van der Waals surface area contributed by atoms with Crippen molar-refractivity contribution in [1.82, 2.24) is 4.98 Å². The monoisotopic (exact) mass is 404 g/mol. The van der Waals surface area contributed by atoms with E-state index in [1.807, 2.05) is 84.9 Å². The zero-order chi connectivity index (χ0) is 19.3. The zero-order valence-corrected chi connectivity index (χ0v) is 16.5. The maximum Gasteiger partial charge on any atom is 0.253 e. The fraction of sp³-hybridized carbons (Fsp3) is 0.0435. The maximum absolute atomic E-state index is 13.1. The van der Waals surface area contributed by atoms with Gasteiger partial charge in [-0.25, -0.2) is 4.98 Å². The van der Waals surface area contributed by atoms with Crippen molar-refractivity contribution in [3.63, 3.8) is 0 Å². The second-order valence-corrected chi connectivity index (χ2v) is 7.65. The summed E-state index contributed by atoms with van der Waals surface area (Å²) < 4.78 is 0.959. The maximum atomic E-state index is 13.1. The quantitative estimate of drug-likeness (QED) is 0.371. The first kappa shape index (κ1) is 18.4. The molecule has 0 spiro atoms. The fourth-order valence-corrected chi connectivity index (χ4v) is 4.12. The molecule has 4 rings (SSSR count). The summed E-state index contributed by atoms with van der Waals surface area (Å²) in [5, 5.41) is 1.22. The summed E-state index contributed by atoms with van der Waals surface area (Å²) in [6, 6.07) is 25.3. The second kappa shape index (κ2) is 8.38. The average molecular weight is 405 g/mol. The van der Waals surface area contributed by atoms with Crippen molar-refractivity contribution in [2.24, 2.45) is 0 Å². The third kappa shape index (κ3) is 4.14. The average Bonchev–Trinajstić information content (AvgIpc) is 3.17. The third-order valence-electron chi connectivity index (χ3n) is 4.26. The summed E-state index contributed by atoms with van der Waals surface area (Å²) in [6.45, 7) is 0.441. The Hall–Kier alpha value is -2.95. The number of anilines is 1. The fourth-order valence-electron chi connectivity index (χ4n) is 2.85. The number of amides is 1. The van der Waals surface area contributed by atoms with Gasteiger partial charge in [-0.1, -0.05) is 89.7 Å². The molecule has 0 aliphatic carbocycles. The number of carbonyl (C=O) groups is 1. The largest absolute Gasteiger partial charge is 0.280 e. The van der Waals surface area contributed by atoms with E-state index in [0.29, 0.717) is 16.7 Å². The highest BCUT2D eigenvalue weighted by molar-refractivity contribution is 7.22. The number of hydrogen-bond donors (Lipinski definition) is 0. The van der Waals surface area contributed by atoms with Crippen LogP contribution in [0.4, 0.5) is 5.13 Å². The van der Waals surface area contributed by atoms with E-state index in [9.17, 15) is 4.79 Å². The van der Waals surface area contributed by atoms with Crippen LogP contribution in [0.25, 0.3) is 16.3 Å². The van der Waals surface area contributed by atoms with Gasteiger partial charge < -0.3 is 0 Å². The number of para-hydroxylation sites is 1. The number of carbonyl (C=O) groups excluding carboxylic acids is 1. The number of nitrogens with zero attached hydrogens (tertiary/aromatic N) is 2. The number of hydrogen-bond acceptors (Lipinski definition) is 3. The summed E-state index contributed by atoms with van der Waals surface area (Å²) in [5.41, 5.74) is 2.74. The Morgan fingerprint density at radius 1 is 0.964 bits per heavy atom. The predicted molar refractivity (Wildman–Crippen MR) is 118 cm³/mol. The van der Waals surface area contributed by atoms with E-state index in [1.54, 1.807) is 11.0 Å². The van der Waals surface area contributed by atoms with Crippen LogP contribution in [0.3, 0.4) is 0 Å². The van der Waals surface area contributed by atoms with Crippen LogP contribution in [0.1, 0.15) is 11.1 Å². The molecule has 0 saturated heterocycles. The van der Waals surface area contributed by atoms with Gasteiger partial charge in [-0.05, 0) is 29.3 Å². The third-order valence-corrected chi connectivity index (χ3v) is 5.61. The molecule has 3 aromatic carbocycles. The molecular formula is C23H17ClN2OS. The van der Waals surface area contributed by atoms with E-state index in [2.05, 4.69) is 4.98 Å². The minimum atomic E-state index is -0.122. The topological polar surface area (TPSA) is 33.2 Å². The van der Waals surface area contributed by atoms with Crippen molar-refractivity contribution < 1.29 is 4.79 Å². The molecule has 0 unspecified atom stereocenters. The van der Waals surface area contributed by atoms with Gasteiger partial charge in [-0.2, -0.15) is 0 Å². The van der Waals surface area contributed by atoms with Crippen molar-refractivity contribution in [2.45, 2.75) is 6.54 Å². The van der Waals surface area contributed by atoms with Crippen molar-refractivity contribution >= 4 is 50.3 Å². The highest BCUT2D eigenvalue weighted by atomic mass is 35.5. The lowest BCUT2D eigenvalue weighted by Gasteiger charge is -2.18. The number of benzene rings is 3. The molecule has 1 aromatic heterocycles. The van der Waals surface area contributed by atoms with Gasteiger partial charge in [-0.3, -0.25) is 9.69 Å². The molecule has 28 heavy (non-hydrogen) atoms. The predicted octanol–water partition coefficient (Wildman–Crippen LogP) is 6.20. The molecule has 0 radical (unpaired) electrons. The summed E-state index contributed by atoms with van der Waals surface area (Å²) in [5.74, 6) is -0.122. The van der Waals surface area contributed by atoms with Crippen molar-refractivity contribution in [2.75, 3.05) is 4.90 Å². The smallest absolute Gasteiger partial charge is 0.253 e. The van der Waals surface area contributed by atoms with Gasteiger partial charge in [0.25, 0.3) is 5.91 Å². The first-order valence-electron chi connectivity index (χ1n) is 8.84. The highest BCUT2D eigenvalue weighted by Gasteiger charge is 2.19. The lowest BCUT2D eigenvalue weighted by Crippen LogP contribution is -2.28. The van der Waals surface area contributed by atoms with Crippen LogP contribution >= 0.6 is 22.9 Å². The van der Waals surface area contributed by atoms with Crippen LogP contribution < -0.4 is 4.90 Å². The van der Waals surface area contributed by atoms with Gasteiger partial charge in [0.05, 0.1) is 16.3 Å². The van der Waals surface area contributed by atoms with E-state index < -0.39 is 0 Å². The number of fused-ring (bicyclic) bond motifs is 1. The molecule has 0 atom stereocenters. The Kier molecular flexibility index (Phi) is 5.51. The van der Waals surface area contributed by atoms with Gasteiger partial charge in [0, 0.05) is 6.08 Å². The van der Waals surface area contributed by atoms with Crippen LogP contribution in [0.15, 0.2) is 84.9 Å². The van der Waals surface area contributed by atoms with Crippen LogP contribution in [0, 0.1) is 0 Å². The summed E-state index contributed by atoms with van der Waals surface area (Å²) >= 11 is 7.75. The molecule has 5 heteroatoms. The molecule has 0 bridgehead atoms. The van der Waals surface area contributed by atoms with E-state index in [4.69, 9.17) is 11.6 Å². The van der Waals surface area contributed by atoms with E-state index in [-0.39, 0.29) is 5.91 Å². The Morgan fingerprint density at radius 2 is 1.68 bits per heavy atom. The standard InChI is InChI=1S/C23H17ClN2OS/c24-19-12-7-13-20-22(19)25-23(28-20)26(16-18-10-5-2-6-11-18)21(27)15-14-17-8-3-1-4-9-17/h1-15H,16H2/b15-14+. The molecule has 0 aliphatic rings. The van der Waals surface area contributed by atoms with E-state index in [1.165, 1.54) is 11.3 Å². The van der Waals surface area contributed by atoms with Crippen molar-refractivity contribution in [3.8, 4) is 0 Å². The molecule has 1 heterocycles. The van der Waals surface area contributed by atoms with Crippen LogP contribution in [0.5, 0.6) is 0 Å². The second-order valence-electron chi connectivity index (χ2n) is 6.24. The van der Waals surface area contributed by atoms with E-state index >= 15 is 0 Å².